The number of terminal acetylenes is 1. The van der Waals surface area contributed by atoms with Gasteiger partial charge in [-0.15, -0.1) is 11.5 Å². The molecule has 0 saturated carbocycles. The number of ether oxygens (including phenoxy) is 1. The number of nitrogens with one attached hydrogen (secondary N) is 2. The van der Waals surface area contributed by atoms with E-state index in [1.165, 1.54) is 13.0 Å². The van der Waals surface area contributed by atoms with Crippen LogP contribution in [0.3, 0.4) is 0 Å². The molecule has 2 rings (SSSR count). The predicted octanol–water partition coefficient (Wildman–Crippen LogP) is 4.49. The van der Waals surface area contributed by atoms with Gasteiger partial charge in [0.1, 0.15) is 0 Å². The van der Waals surface area contributed by atoms with Crippen molar-refractivity contribution in [2.75, 3.05) is 0 Å². The van der Waals surface area contributed by atoms with E-state index < -0.39 is 23.7 Å². The topological polar surface area (TPSA) is 87.8 Å². The Kier molecular flexibility index (Phi) is 5.89. The quantitative estimate of drug-likeness (QED) is 0.458. The zero-order chi connectivity index (χ0) is 21.5. The molecule has 0 saturated heterocycles. The highest BCUT2D eigenvalue weighted by Crippen LogP contribution is 2.50. The van der Waals surface area contributed by atoms with Gasteiger partial charge in [0.2, 0.25) is 5.88 Å². The minimum Gasteiger partial charge on any atom is -0.449 e. The summed E-state index contributed by atoms with van der Waals surface area (Å²) in [5.74, 6) is 2.53. The molecule has 4 N–H and O–H groups in total. The molecule has 5 nitrogen and oxygen atoms in total. The Labute approximate surface area is 170 Å². The highest BCUT2D eigenvalue weighted by Gasteiger charge is 2.56. The van der Waals surface area contributed by atoms with Crippen LogP contribution in [0.2, 0.25) is 0 Å². The summed E-state index contributed by atoms with van der Waals surface area (Å²) in [6.07, 6.45) is 2.75. The lowest BCUT2D eigenvalue weighted by molar-refractivity contribution is -0.125. The number of H-pyrrole nitrogens is 1. The zero-order valence-electron chi connectivity index (χ0n) is 16.0. The van der Waals surface area contributed by atoms with Crippen molar-refractivity contribution in [2.24, 2.45) is 11.7 Å². The van der Waals surface area contributed by atoms with Crippen molar-refractivity contribution in [1.82, 2.24) is 10.2 Å². The minimum atomic E-state index is -4.34. The molecule has 0 spiro atoms. The molecule has 1 aliphatic rings. The molecule has 0 bridgehead atoms. The second-order valence-electron chi connectivity index (χ2n) is 7.19. The molecule has 0 aromatic carbocycles. The molecule has 28 heavy (non-hydrogen) atoms. The van der Waals surface area contributed by atoms with E-state index in [2.05, 4.69) is 32.0 Å². The Balaban J connectivity index is 2.77. The first-order chi connectivity index (χ1) is 12.8. The standard InChI is InChI=1S/C19H22BrF3N4O/c1-6-12(9-13(20)7-8-18(21,22)23)19(10(2)3)14-11(4)26-27-15(14)28-17(5,25)16(19)24/h1,7,9-10,24H,8,25H2,2-5H3,(H,26,27)/b12-9+,13-7+,24-16?. The third-order valence-electron chi connectivity index (χ3n) is 4.76. The van der Waals surface area contributed by atoms with Crippen molar-refractivity contribution >= 4 is 21.6 Å². The summed E-state index contributed by atoms with van der Waals surface area (Å²) in [4.78, 5) is 0. The molecule has 1 aliphatic heterocycles. The molecule has 2 atom stereocenters. The smallest absolute Gasteiger partial charge is 0.392 e. The summed E-state index contributed by atoms with van der Waals surface area (Å²) in [6.45, 7) is 7.03. The highest BCUT2D eigenvalue weighted by molar-refractivity contribution is 9.11. The van der Waals surface area contributed by atoms with E-state index in [4.69, 9.17) is 22.3 Å². The van der Waals surface area contributed by atoms with Gasteiger partial charge in [-0.2, -0.15) is 13.2 Å². The van der Waals surface area contributed by atoms with Crippen LogP contribution >= 0.6 is 15.9 Å². The number of nitrogens with two attached hydrogens (primary N) is 1. The van der Waals surface area contributed by atoms with Gasteiger partial charge in [-0.25, -0.2) is 0 Å². The molecular formula is C19H22BrF3N4O. The predicted molar refractivity (Wildman–Crippen MR) is 105 cm³/mol. The summed E-state index contributed by atoms with van der Waals surface area (Å²) >= 11 is 3.14. The molecule has 0 fully saturated rings. The van der Waals surface area contributed by atoms with Crippen LogP contribution in [-0.4, -0.2) is 27.8 Å². The highest BCUT2D eigenvalue weighted by atomic mass is 79.9. The zero-order valence-corrected chi connectivity index (χ0v) is 17.5. The lowest BCUT2D eigenvalue weighted by Crippen LogP contribution is -2.63. The maximum atomic E-state index is 12.6. The van der Waals surface area contributed by atoms with Gasteiger partial charge in [-0.3, -0.25) is 10.8 Å². The molecule has 0 aliphatic carbocycles. The molecule has 2 unspecified atom stereocenters. The maximum Gasteiger partial charge on any atom is 0.392 e. The van der Waals surface area contributed by atoms with Gasteiger partial charge >= 0.3 is 6.18 Å². The summed E-state index contributed by atoms with van der Waals surface area (Å²) in [5, 5.41) is 15.8. The third-order valence-corrected chi connectivity index (χ3v) is 5.32. The van der Waals surface area contributed by atoms with E-state index in [0.29, 0.717) is 16.8 Å². The fourth-order valence-electron chi connectivity index (χ4n) is 3.55. The van der Waals surface area contributed by atoms with E-state index in [1.807, 2.05) is 13.8 Å². The van der Waals surface area contributed by atoms with Gasteiger partial charge < -0.3 is 10.1 Å². The van der Waals surface area contributed by atoms with Crippen LogP contribution < -0.4 is 10.5 Å². The monoisotopic (exact) mass is 458 g/mol. The maximum absolute atomic E-state index is 12.6. The summed E-state index contributed by atoms with van der Waals surface area (Å²) in [6, 6.07) is 0. The number of aromatic nitrogens is 2. The molecule has 1 aromatic rings. The first-order valence-corrected chi connectivity index (χ1v) is 9.30. The van der Waals surface area contributed by atoms with Crippen molar-refractivity contribution in [1.29, 1.82) is 5.41 Å². The number of alkyl halides is 3. The van der Waals surface area contributed by atoms with Crippen LogP contribution in [-0.2, 0) is 5.41 Å². The second-order valence-corrected chi connectivity index (χ2v) is 8.10. The van der Waals surface area contributed by atoms with Crippen LogP contribution in [0.4, 0.5) is 13.2 Å². The average molecular weight is 459 g/mol. The van der Waals surface area contributed by atoms with Crippen LogP contribution in [0.25, 0.3) is 0 Å². The lowest BCUT2D eigenvalue weighted by atomic mass is 9.60. The summed E-state index contributed by atoms with van der Waals surface area (Å²) in [7, 11) is 0. The van der Waals surface area contributed by atoms with E-state index in [0.717, 1.165) is 6.08 Å². The molecule has 1 aromatic heterocycles. The molecule has 0 amide bonds. The number of hydrogen-bond donors (Lipinski definition) is 3. The fourth-order valence-corrected chi connectivity index (χ4v) is 3.94. The average Bonchev–Trinajstić information content (AvgIpc) is 2.92. The lowest BCUT2D eigenvalue weighted by Gasteiger charge is -2.47. The first kappa shape index (κ1) is 22.2. The van der Waals surface area contributed by atoms with Crippen LogP contribution in [0.15, 0.2) is 22.2 Å². The normalized spacial score (nSPS) is 26.1. The van der Waals surface area contributed by atoms with Crippen LogP contribution in [0.1, 0.15) is 38.4 Å². The Hall–Kier alpha value is -2.05. The number of aryl methyl sites for hydroxylation is 1. The van der Waals surface area contributed by atoms with Crippen LogP contribution in [0, 0.1) is 30.6 Å². The minimum absolute atomic E-state index is 0.00678. The van der Waals surface area contributed by atoms with Gasteiger partial charge in [-0.05, 0) is 25.8 Å². The Bertz CT molecular complexity index is 890. The van der Waals surface area contributed by atoms with Gasteiger partial charge in [-0.1, -0.05) is 41.8 Å². The number of fused-ring (bicyclic) bond motifs is 1. The largest absolute Gasteiger partial charge is 0.449 e. The Morgan fingerprint density at radius 3 is 2.61 bits per heavy atom. The fraction of sp³-hybridized carbons (Fsp3) is 0.474. The van der Waals surface area contributed by atoms with E-state index in [1.54, 1.807) is 6.92 Å². The number of halogens is 4. The molecular weight excluding hydrogens is 437 g/mol. The van der Waals surface area contributed by atoms with E-state index >= 15 is 0 Å². The van der Waals surface area contributed by atoms with Gasteiger partial charge in [0.05, 0.1) is 23.1 Å². The van der Waals surface area contributed by atoms with Gasteiger partial charge in [0.15, 0.2) is 5.72 Å². The number of nitrogens with zero attached hydrogens (tertiary/aromatic N) is 1. The number of rotatable bonds is 4. The van der Waals surface area contributed by atoms with Gasteiger partial charge in [0, 0.05) is 15.7 Å². The summed E-state index contributed by atoms with van der Waals surface area (Å²) in [5.41, 5.74) is 5.06. The van der Waals surface area contributed by atoms with Crippen molar-refractivity contribution in [3.05, 3.63) is 33.5 Å². The molecule has 9 heteroatoms. The van der Waals surface area contributed by atoms with E-state index in [-0.39, 0.29) is 22.0 Å². The molecule has 2 heterocycles. The number of aromatic amines is 1. The Morgan fingerprint density at radius 2 is 2.11 bits per heavy atom. The van der Waals surface area contributed by atoms with Crippen molar-refractivity contribution in [3.63, 3.8) is 0 Å². The van der Waals surface area contributed by atoms with Crippen LogP contribution in [0.5, 0.6) is 5.88 Å². The Morgan fingerprint density at radius 1 is 1.50 bits per heavy atom. The third kappa shape index (κ3) is 3.76. The summed E-state index contributed by atoms with van der Waals surface area (Å²) < 4.78 is 43.5. The van der Waals surface area contributed by atoms with E-state index in [9.17, 15) is 13.2 Å². The van der Waals surface area contributed by atoms with Gasteiger partial charge in [0.25, 0.3) is 0 Å². The number of allylic oxidation sites excluding steroid dienone is 4. The molecule has 0 radical (unpaired) electrons. The molecule has 152 valence electrons. The van der Waals surface area contributed by atoms with Crippen molar-refractivity contribution in [2.45, 2.75) is 51.4 Å². The first-order valence-electron chi connectivity index (χ1n) is 8.51. The number of hydrogen-bond acceptors (Lipinski definition) is 4. The SMILES string of the molecule is C#C/C(=C\C(Br)=C/CC(F)(F)F)C1(C(C)C)C(=N)C(C)(N)Oc2n[nH]c(C)c21. The second kappa shape index (κ2) is 7.41. The van der Waals surface area contributed by atoms with Crippen molar-refractivity contribution < 1.29 is 17.9 Å². The van der Waals surface area contributed by atoms with Crippen molar-refractivity contribution in [3.8, 4) is 18.2 Å².